The number of tetrazole rings is 1. The van der Waals surface area contributed by atoms with E-state index in [9.17, 15) is 9.59 Å². The molecule has 40 heavy (non-hydrogen) atoms. The monoisotopic (exact) mass is 564 g/mol. The molecule has 3 aromatic heterocycles. The molecule has 0 saturated heterocycles. The van der Waals surface area contributed by atoms with E-state index in [1.54, 1.807) is 44.6 Å². The van der Waals surface area contributed by atoms with Gasteiger partial charge in [0.15, 0.2) is 17.5 Å². The number of amides is 2. The molecule has 12 heteroatoms. The zero-order valence-corrected chi connectivity index (χ0v) is 23.3. The summed E-state index contributed by atoms with van der Waals surface area (Å²) in [6.07, 6.45) is 6.70. The summed E-state index contributed by atoms with van der Waals surface area (Å²) >= 11 is 1.52. The van der Waals surface area contributed by atoms with Crippen LogP contribution in [0.15, 0.2) is 58.5 Å². The Morgan fingerprint density at radius 2 is 1.95 bits per heavy atom. The number of nitrogens with one attached hydrogen (secondary N) is 1. The van der Waals surface area contributed by atoms with Gasteiger partial charge in [0.1, 0.15) is 12.3 Å². The molecule has 0 radical (unpaired) electrons. The number of carbonyl (C=O) groups excluding carboxylic acids is 2. The van der Waals surface area contributed by atoms with Gasteiger partial charge in [0, 0.05) is 16.5 Å². The first-order valence-corrected chi connectivity index (χ1v) is 14.1. The molecule has 0 aliphatic heterocycles. The molecule has 1 aromatic carbocycles. The van der Waals surface area contributed by atoms with E-state index in [0.717, 1.165) is 30.6 Å². The second-order valence-electron chi connectivity index (χ2n) is 9.58. The predicted molar refractivity (Wildman–Crippen MR) is 148 cm³/mol. The number of ether oxygens (including phenoxy) is 2. The van der Waals surface area contributed by atoms with Crippen molar-refractivity contribution in [2.24, 2.45) is 0 Å². The first-order chi connectivity index (χ1) is 19.6. The summed E-state index contributed by atoms with van der Waals surface area (Å²) in [5.41, 5.74) is 0.659. The van der Waals surface area contributed by atoms with Gasteiger partial charge in [-0.2, -0.15) is 4.80 Å². The minimum Gasteiger partial charge on any atom is -0.493 e. The average Bonchev–Trinajstić information content (AvgIpc) is 3.77. The molecular formula is C28H32N6O5S. The summed E-state index contributed by atoms with van der Waals surface area (Å²) in [5, 5.41) is 17.8. The highest BCUT2D eigenvalue weighted by molar-refractivity contribution is 7.09. The lowest BCUT2D eigenvalue weighted by molar-refractivity contribution is -0.143. The fourth-order valence-electron chi connectivity index (χ4n) is 4.91. The summed E-state index contributed by atoms with van der Waals surface area (Å²) in [7, 11) is 3.11. The molecule has 4 aromatic rings. The molecule has 11 nitrogen and oxygen atoms in total. The summed E-state index contributed by atoms with van der Waals surface area (Å²) in [6.45, 7) is 0.0246. The van der Waals surface area contributed by atoms with Crippen molar-refractivity contribution in [2.75, 3.05) is 14.2 Å². The molecule has 0 unspecified atom stereocenters. The van der Waals surface area contributed by atoms with Gasteiger partial charge in [-0.1, -0.05) is 25.3 Å². The quantitative estimate of drug-likeness (QED) is 0.287. The van der Waals surface area contributed by atoms with Gasteiger partial charge in [0.05, 0.1) is 27.0 Å². The molecule has 1 aliphatic carbocycles. The van der Waals surface area contributed by atoms with Crippen molar-refractivity contribution in [1.82, 2.24) is 30.4 Å². The van der Waals surface area contributed by atoms with Gasteiger partial charge >= 0.3 is 0 Å². The van der Waals surface area contributed by atoms with Gasteiger partial charge in [-0.05, 0) is 59.8 Å². The molecule has 2 amide bonds. The van der Waals surface area contributed by atoms with Crippen LogP contribution in [0.2, 0.25) is 0 Å². The number of benzene rings is 1. The van der Waals surface area contributed by atoms with Gasteiger partial charge in [0.25, 0.3) is 5.91 Å². The second-order valence-corrected chi connectivity index (χ2v) is 10.6. The number of hydrogen-bond donors (Lipinski definition) is 1. The molecule has 1 fully saturated rings. The van der Waals surface area contributed by atoms with E-state index >= 15 is 0 Å². The van der Waals surface area contributed by atoms with Crippen molar-refractivity contribution in [3.63, 3.8) is 0 Å². The molecule has 5 rings (SSSR count). The van der Waals surface area contributed by atoms with Gasteiger partial charge in [-0.3, -0.25) is 9.59 Å². The molecule has 1 aliphatic rings. The number of hydrogen-bond acceptors (Lipinski definition) is 9. The van der Waals surface area contributed by atoms with Gasteiger partial charge in [-0.25, -0.2) is 0 Å². The van der Waals surface area contributed by atoms with E-state index in [0.29, 0.717) is 28.6 Å². The van der Waals surface area contributed by atoms with Gasteiger partial charge < -0.3 is 24.1 Å². The van der Waals surface area contributed by atoms with Crippen LogP contribution < -0.4 is 14.8 Å². The number of thiophene rings is 1. The Labute approximate surface area is 236 Å². The summed E-state index contributed by atoms with van der Waals surface area (Å²) in [4.78, 5) is 31.2. The van der Waals surface area contributed by atoms with Crippen LogP contribution in [0.4, 0.5) is 0 Å². The highest BCUT2D eigenvalue weighted by Crippen LogP contribution is 2.31. The number of rotatable bonds is 11. The van der Waals surface area contributed by atoms with Crippen LogP contribution in [0.5, 0.6) is 11.5 Å². The lowest BCUT2D eigenvalue weighted by Gasteiger charge is -2.31. The third-order valence-corrected chi connectivity index (χ3v) is 7.78. The van der Waals surface area contributed by atoms with Crippen molar-refractivity contribution in [2.45, 2.75) is 57.3 Å². The maximum absolute atomic E-state index is 13.8. The Morgan fingerprint density at radius 3 is 2.65 bits per heavy atom. The Balaban J connectivity index is 1.40. The van der Waals surface area contributed by atoms with E-state index in [1.807, 2.05) is 17.5 Å². The van der Waals surface area contributed by atoms with Crippen molar-refractivity contribution in [1.29, 1.82) is 0 Å². The second kappa shape index (κ2) is 12.8. The van der Waals surface area contributed by atoms with Crippen LogP contribution in [0, 0.1) is 0 Å². The highest BCUT2D eigenvalue weighted by atomic mass is 32.1. The zero-order valence-electron chi connectivity index (χ0n) is 22.5. The number of methoxy groups -OCH3 is 2. The van der Waals surface area contributed by atoms with E-state index in [2.05, 4.69) is 20.7 Å². The number of aromatic nitrogens is 4. The number of carbonyl (C=O) groups is 2. The minimum absolute atomic E-state index is 0.0819. The Morgan fingerprint density at radius 1 is 1.12 bits per heavy atom. The van der Waals surface area contributed by atoms with Crippen LogP contribution >= 0.6 is 11.3 Å². The summed E-state index contributed by atoms with van der Waals surface area (Å²) in [5.74, 6) is 1.23. The minimum atomic E-state index is -0.944. The Bertz CT molecular complexity index is 1400. The van der Waals surface area contributed by atoms with E-state index in [-0.39, 0.29) is 30.9 Å². The smallest absolute Gasteiger partial charge is 0.250 e. The third-order valence-electron chi connectivity index (χ3n) is 6.92. The molecule has 3 heterocycles. The average molecular weight is 565 g/mol. The van der Waals surface area contributed by atoms with Crippen molar-refractivity contribution < 1.29 is 23.5 Å². The van der Waals surface area contributed by atoms with Crippen LogP contribution in [0.3, 0.4) is 0 Å². The molecule has 1 N–H and O–H groups in total. The number of furan rings is 1. The fourth-order valence-corrected chi connectivity index (χ4v) is 5.61. The van der Waals surface area contributed by atoms with Crippen LogP contribution in [0.1, 0.15) is 48.8 Å². The maximum Gasteiger partial charge on any atom is 0.250 e. The molecule has 0 spiro atoms. The van der Waals surface area contributed by atoms with E-state index in [1.165, 1.54) is 33.7 Å². The SMILES string of the molecule is COc1ccc(-c2nnn(CC(=O)N(Cc3cccs3)[C@@H](C(=O)NC3CCCCC3)c3ccco3)n2)cc1OC. The molecule has 1 saturated carbocycles. The van der Waals surface area contributed by atoms with Crippen molar-refractivity contribution >= 4 is 23.2 Å². The predicted octanol–water partition coefficient (Wildman–Crippen LogP) is 4.23. The van der Waals surface area contributed by atoms with E-state index in [4.69, 9.17) is 13.9 Å². The maximum atomic E-state index is 13.8. The lowest BCUT2D eigenvalue weighted by Crippen LogP contribution is -2.47. The standard InChI is InChI=1S/C28H32N6O5S/c1-37-22-13-12-19(16-24(22)38-2)27-30-32-34(31-27)18-25(35)33(17-21-10-7-15-40-21)26(23-11-6-14-39-23)28(36)29-20-8-4-3-5-9-20/h6-7,10-16,20,26H,3-5,8-9,17-18H2,1-2H3,(H,29,36)/t26-/m1/s1. The first kappa shape index (κ1) is 27.4. The van der Waals surface area contributed by atoms with Crippen LogP contribution in [-0.2, 0) is 22.7 Å². The largest absolute Gasteiger partial charge is 0.493 e. The molecular weight excluding hydrogens is 532 g/mol. The van der Waals surface area contributed by atoms with E-state index < -0.39 is 6.04 Å². The van der Waals surface area contributed by atoms with Crippen molar-refractivity contribution in [3.05, 3.63) is 64.7 Å². The Kier molecular flexibility index (Phi) is 8.74. The molecule has 1 atom stereocenters. The first-order valence-electron chi connectivity index (χ1n) is 13.2. The topological polar surface area (TPSA) is 125 Å². The van der Waals surface area contributed by atoms with Gasteiger partial charge in [-0.15, -0.1) is 21.5 Å². The summed E-state index contributed by atoms with van der Waals surface area (Å²) < 4.78 is 16.4. The number of nitrogens with zero attached hydrogens (tertiary/aromatic N) is 5. The fraction of sp³-hybridized carbons (Fsp3) is 0.393. The van der Waals surface area contributed by atoms with Crippen LogP contribution in [0.25, 0.3) is 11.4 Å². The summed E-state index contributed by atoms with van der Waals surface area (Å²) in [6, 6.07) is 11.7. The van der Waals surface area contributed by atoms with Crippen LogP contribution in [-0.4, -0.2) is 57.2 Å². The normalized spacial score (nSPS) is 14.4. The highest BCUT2D eigenvalue weighted by Gasteiger charge is 2.35. The zero-order chi connectivity index (χ0) is 27.9. The van der Waals surface area contributed by atoms with Gasteiger partial charge in [0.2, 0.25) is 11.7 Å². The Hall–Kier alpha value is -4.19. The molecule has 0 bridgehead atoms. The molecule has 210 valence electrons. The third kappa shape index (κ3) is 6.33. The lowest BCUT2D eigenvalue weighted by atomic mass is 9.95. The van der Waals surface area contributed by atoms with Crippen molar-refractivity contribution in [3.8, 4) is 22.9 Å².